The molecule has 1 aliphatic rings. The molecular weight excluding hydrogens is 282 g/mol. The molecule has 0 saturated carbocycles. The molecule has 0 N–H and O–H groups in total. The van der Waals surface area contributed by atoms with E-state index in [9.17, 15) is 4.79 Å². The zero-order valence-corrected chi connectivity index (χ0v) is 11.7. The van der Waals surface area contributed by atoms with Crippen molar-refractivity contribution in [2.75, 3.05) is 7.11 Å². The Hall–Kier alpha value is 0.404. The van der Waals surface area contributed by atoms with Crippen LogP contribution in [0.15, 0.2) is 18.2 Å². The van der Waals surface area contributed by atoms with Gasteiger partial charge in [-0.2, -0.15) is 6.08 Å². The summed E-state index contributed by atoms with van der Waals surface area (Å²) in [5.41, 5.74) is 0. The van der Waals surface area contributed by atoms with E-state index in [4.69, 9.17) is 0 Å². The summed E-state index contributed by atoms with van der Waals surface area (Å²) in [6, 6.07) is 0. The maximum atomic E-state index is 9.48. The Labute approximate surface area is 119 Å². The normalized spacial score (nSPS) is 8.64. The quantitative estimate of drug-likeness (QED) is 0.390. The van der Waals surface area contributed by atoms with E-state index in [1.807, 2.05) is 12.2 Å². The molecule has 0 bridgehead atoms. The first-order valence-electron chi connectivity index (χ1n) is 2.89. The summed E-state index contributed by atoms with van der Waals surface area (Å²) in [6.07, 6.45) is 10.0. The number of carbonyl (C=O) groups is 1. The molecule has 0 aromatic carbocycles. The molecule has 0 heterocycles. The fourth-order valence-corrected chi connectivity index (χ4v) is 0.340. The van der Waals surface area contributed by atoms with Crippen LogP contribution in [0.25, 0.3) is 0 Å². The van der Waals surface area contributed by atoms with E-state index < -0.39 is 5.97 Å². The second kappa shape index (κ2) is 23.3. The Kier molecular flexibility index (Phi) is 48.7. The predicted molar refractivity (Wildman–Crippen MR) is 60.7 cm³/mol. The van der Waals surface area contributed by atoms with Gasteiger partial charge in [0.1, 0.15) is 0 Å². The summed E-state index contributed by atoms with van der Waals surface area (Å²) in [6.45, 7) is 2.90. The van der Waals surface area contributed by atoms with Crippen LogP contribution in [0.2, 0.25) is 0 Å². The minimum atomic E-state index is -0.495. The SMILES string of the molecule is Cl.Cl.Cl.[C-]1=CC=CC1.[CH2-]C(=O)OC.[Ti+2]. The molecule has 0 amide bonds. The van der Waals surface area contributed by atoms with Crippen molar-refractivity contribution in [1.29, 1.82) is 0 Å². The molecule has 0 saturated heterocycles. The minimum Gasteiger partial charge on any atom is -0.492 e. The summed E-state index contributed by atoms with van der Waals surface area (Å²) in [5, 5.41) is 0. The van der Waals surface area contributed by atoms with Gasteiger partial charge in [0.25, 0.3) is 0 Å². The summed E-state index contributed by atoms with van der Waals surface area (Å²) in [5.74, 6) is -0.495. The molecule has 0 atom stereocenters. The number of hydrogen-bond donors (Lipinski definition) is 0. The molecule has 1 aliphatic carbocycles. The van der Waals surface area contributed by atoms with Crippen molar-refractivity contribution in [3.8, 4) is 0 Å². The number of methoxy groups -OCH3 is 1. The van der Waals surface area contributed by atoms with Crippen molar-refractivity contribution in [1.82, 2.24) is 0 Å². The third kappa shape index (κ3) is 29.4. The van der Waals surface area contributed by atoms with Gasteiger partial charge in [-0.15, -0.1) is 43.6 Å². The van der Waals surface area contributed by atoms with Crippen molar-refractivity contribution in [2.24, 2.45) is 0 Å². The number of hydrogen-bond acceptors (Lipinski definition) is 2. The van der Waals surface area contributed by atoms with E-state index in [0.717, 1.165) is 6.42 Å². The molecule has 6 heteroatoms. The number of rotatable bonds is 0. The fourth-order valence-electron chi connectivity index (χ4n) is 0.340. The van der Waals surface area contributed by atoms with E-state index in [1.165, 1.54) is 7.11 Å². The first-order chi connectivity index (χ1) is 4.77. The number of allylic oxidation sites excluding steroid dienone is 4. The van der Waals surface area contributed by atoms with Crippen LogP contribution >= 0.6 is 37.2 Å². The zero-order valence-electron chi connectivity index (χ0n) is 7.69. The summed E-state index contributed by atoms with van der Waals surface area (Å²) in [4.78, 5) is 9.48. The number of ether oxygens (including phenoxy) is 1. The van der Waals surface area contributed by atoms with Crippen LogP contribution < -0.4 is 0 Å². The number of carbonyl (C=O) groups excluding carboxylic acids is 1. The van der Waals surface area contributed by atoms with E-state index in [1.54, 1.807) is 0 Å². The van der Waals surface area contributed by atoms with Crippen LogP contribution in [-0.4, -0.2) is 13.1 Å². The first-order valence-corrected chi connectivity index (χ1v) is 2.89. The van der Waals surface area contributed by atoms with E-state index in [0.29, 0.717) is 0 Å². The first kappa shape index (κ1) is 29.3. The van der Waals surface area contributed by atoms with Gasteiger partial charge in [0.15, 0.2) is 5.97 Å². The van der Waals surface area contributed by atoms with Gasteiger partial charge >= 0.3 is 21.7 Å². The molecule has 0 aromatic heterocycles. The molecule has 82 valence electrons. The third-order valence-corrected chi connectivity index (χ3v) is 0.814. The monoisotopic (exact) mass is 294 g/mol. The van der Waals surface area contributed by atoms with Crippen LogP contribution in [0, 0.1) is 13.0 Å². The van der Waals surface area contributed by atoms with Gasteiger partial charge in [0.05, 0.1) is 7.11 Å². The number of esters is 1. The van der Waals surface area contributed by atoms with Crippen molar-refractivity contribution in [2.45, 2.75) is 6.42 Å². The second-order valence-corrected chi connectivity index (χ2v) is 1.58. The van der Waals surface area contributed by atoms with Crippen LogP contribution in [0.4, 0.5) is 0 Å². The van der Waals surface area contributed by atoms with Gasteiger partial charge in [0, 0.05) is 0 Å². The van der Waals surface area contributed by atoms with Gasteiger partial charge in [-0.1, -0.05) is 0 Å². The maximum absolute atomic E-state index is 9.48. The molecular formula is C8H13Cl3O2Ti. The van der Waals surface area contributed by atoms with Gasteiger partial charge in [-0.25, -0.2) is 12.2 Å². The summed E-state index contributed by atoms with van der Waals surface area (Å²) >= 11 is 0. The van der Waals surface area contributed by atoms with Crippen molar-refractivity contribution < 1.29 is 31.2 Å². The zero-order chi connectivity index (χ0) is 7.82. The molecule has 0 radical (unpaired) electrons. The third-order valence-electron chi connectivity index (χ3n) is 0.814. The van der Waals surface area contributed by atoms with E-state index >= 15 is 0 Å². The minimum absolute atomic E-state index is 0. The van der Waals surface area contributed by atoms with Crippen molar-refractivity contribution >= 4 is 43.2 Å². The molecule has 0 fully saturated rings. The van der Waals surface area contributed by atoms with Crippen molar-refractivity contribution in [3.63, 3.8) is 0 Å². The number of halogens is 3. The molecule has 2 nitrogen and oxygen atoms in total. The average molecular weight is 295 g/mol. The average Bonchev–Trinajstić information content (AvgIpc) is 2.43. The molecule has 14 heavy (non-hydrogen) atoms. The topological polar surface area (TPSA) is 26.3 Å². The standard InChI is InChI=1S/C5H5.C3H5O2.3ClH.Ti/c1-2-4-5-3-1;1-3(4)5-2;;;;/h1-3H,4H2;1H2,2H3;3*1H;/q2*-1;;;;+2. The Balaban J connectivity index is -0.0000000300. The van der Waals surface area contributed by atoms with Crippen molar-refractivity contribution in [3.05, 3.63) is 31.2 Å². The largest absolute Gasteiger partial charge is 2.00 e. The Bertz CT molecular complexity index is 151. The molecule has 0 aliphatic heterocycles. The molecule has 1 rings (SSSR count). The van der Waals surface area contributed by atoms with Gasteiger partial charge in [-0.3, -0.25) is 17.8 Å². The summed E-state index contributed by atoms with van der Waals surface area (Å²) < 4.78 is 4.00. The van der Waals surface area contributed by atoms with Gasteiger partial charge in [-0.05, 0) is 0 Å². The van der Waals surface area contributed by atoms with Crippen LogP contribution in [0.1, 0.15) is 6.42 Å². The van der Waals surface area contributed by atoms with Crippen LogP contribution in [-0.2, 0) is 31.2 Å². The fraction of sp³-hybridized carbons (Fsp3) is 0.250. The van der Waals surface area contributed by atoms with Gasteiger partial charge < -0.3 is 4.74 Å². The van der Waals surface area contributed by atoms with Crippen LogP contribution in [0.5, 0.6) is 0 Å². The summed E-state index contributed by atoms with van der Waals surface area (Å²) in [7, 11) is 1.29. The molecule has 0 unspecified atom stereocenters. The van der Waals surface area contributed by atoms with E-state index in [2.05, 4.69) is 23.8 Å². The second-order valence-electron chi connectivity index (χ2n) is 1.58. The Morgan fingerprint density at radius 3 is 1.93 bits per heavy atom. The Morgan fingerprint density at radius 2 is 1.86 bits per heavy atom. The molecule has 0 spiro atoms. The smallest absolute Gasteiger partial charge is 0.492 e. The predicted octanol–water partition coefficient (Wildman–Crippen LogP) is 2.56. The maximum Gasteiger partial charge on any atom is 2.00 e. The molecule has 0 aromatic rings. The van der Waals surface area contributed by atoms with E-state index in [-0.39, 0.29) is 58.9 Å². The van der Waals surface area contributed by atoms with Gasteiger partial charge in [0.2, 0.25) is 0 Å². The Morgan fingerprint density at radius 1 is 1.43 bits per heavy atom. The van der Waals surface area contributed by atoms with Crippen LogP contribution in [0.3, 0.4) is 0 Å².